The summed E-state index contributed by atoms with van der Waals surface area (Å²) >= 11 is 18.9. The van der Waals surface area contributed by atoms with Gasteiger partial charge in [-0.3, -0.25) is 14.4 Å². The molecule has 9 nitrogen and oxygen atoms in total. The van der Waals surface area contributed by atoms with Crippen molar-refractivity contribution in [1.82, 2.24) is 10.6 Å². The van der Waals surface area contributed by atoms with E-state index in [2.05, 4.69) is 39.8 Å². The van der Waals surface area contributed by atoms with Gasteiger partial charge < -0.3 is 20.9 Å². The Morgan fingerprint density at radius 2 is 1.55 bits per heavy atom. The Balaban J connectivity index is 1.82. The molecule has 1 aliphatic heterocycles. The molecule has 0 spiro atoms. The molecule has 0 aromatic heterocycles. The Kier molecular flexibility index (Phi) is 8.88. The van der Waals surface area contributed by atoms with E-state index in [0.29, 0.717) is 11.3 Å². The maximum Gasteiger partial charge on any atom is 0.302 e. The zero-order chi connectivity index (χ0) is 29.0. The van der Waals surface area contributed by atoms with Crippen molar-refractivity contribution < 1.29 is 14.4 Å². The Hall–Kier alpha value is -3.79. The van der Waals surface area contributed by atoms with E-state index in [1.807, 2.05) is 12.1 Å². The first-order chi connectivity index (χ1) is 19.1. The van der Waals surface area contributed by atoms with Crippen molar-refractivity contribution in [3.63, 3.8) is 0 Å². The van der Waals surface area contributed by atoms with Gasteiger partial charge >= 0.3 is 5.91 Å². The number of hydrogen-bond donors (Lipinski definition) is 3. The van der Waals surface area contributed by atoms with Crippen LogP contribution < -0.4 is 25.9 Å². The largest absolute Gasteiger partial charge is 0.372 e. The van der Waals surface area contributed by atoms with E-state index in [-0.39, 0.29) is 26.6 Å². The van der Waals surface area contributed by atoms with Crippen LogP contribution in [0.25, 0.3) is 0 Å². The Morgan fingerprint density at radius 1 is 0.950 bits per heavy atom. The first-order valence-corrected chi connectivity index (χ1v) is 13.6. The number of benzene rings is 3. The third-order valence-corrected chi connectivity index (χ3v) is 7.02. The summed E-state index contributed by atoms with van der Waals surface area (Å²) in [6.07, 6.45) is 0. The second kappa shape index (κ2) is 12.2. The van der Waals surface area contributed by atoms with Crippen LogP contribution >= 0.6 is 34.8 Å². The molecule has 40 heavy (non-hydrogen) atoms. The number of carbonyl (C=O) groups is 3. The fraction of sp³-hybridized carbons (Fsp3) is 0.214. The molecule has 12 heteroatoms. The smallest absolute Gasteiger partial charge is 0.302 e. The number of nitrogens with zero attached hydrogens (tertiary/aromatic N) is 3. The Morgan fingerprint density at radius 3 is 2.10 bits per heavy atom. The van der Waals surface area contributed by atoms with Crippen LogP contribution in [0.2, 0.25) is 15.1 Å². The van der Waals surface area contributed by atoms with Crippen molar-refractivity contribution in [3.8, 4) is 0 Å². The second-order valence-corrected chi connectivity index (χ2v) is 10.1. The lowest BCUT2D eigenvalue weighted by atomic mass is 10.1. The van der Waals surface area contributed by atoms with Gasteiger partial charge in [-0.05, 0) is 62.4 Å². The monoisotopic (exact) mass is 600 g/mol. The average Bonchev–Trinajstić information content (AvgIpc) is 3.15. The summed E-state index contributed by atoms with van der Waals surface area (Å²) in [6, 6.07) is 18.5. The molecule has 3 N–H and O–H groups in total. The molecule has 1 heterocycles. The van der Waals surface area contributed by atoms with E-state index in [1.165, 1.54) is 19.1 Å². The van der Waals surface area contributed by atoms with Crippen LogP contribution in [0.3, 0.4) is 0 Å². The lowest BCUT2D eigenvalue weighted by Gasteiger charge is -2.32. The minimum atomic E-state index is -2.01. The Labute approximate surface area is 247 Å². The van der Waals surface area contributed by atoms with Gasteiger partial charge in [0.2, 0.25) is 5.91 Å². The molecular weight excluding hydrogens is 575 g/mol. The van der Waals surface area contributed by atoms with E-state index in [4.69, 9.17) is 34.8 Å². The molecule has 0 saturated heterocycles. The molecule has 4 rings (SSSR count). The molecule has 3 amide bonds. The summed E-state index contributed by atoms with van der Waals surface area (Å²) in [5.74, 6) is -2.05. The number of hydrazone groups is 1. The molecule has 0 bridgehead atoms. The fourth-order valence-corrected chi connectivity index (χ4v) is 5.32. The second-order valence-electron chi connectivity index (χ2n) is 8.88. The van der Waals surface area contributed by atoms with Crippen molar-refractivity contribution in [2.24, 2.45) is 5.10 Å². The van der Waals surface area contributed by atoms with E-state index < -0.39 is 23.4 Å². The fourth-order valence-electron chi connectivity index (χ4n) is 4.34. The summed E-state index contributed by atoms with van der Waals surface area (Å²) in [4.78, 5) is 42.1. The highest BCUT2D eigenvalue weighted by atomic mass is 35.5. The van der Waals surface area contributed by atoms with Crippen molar-refractivity contribution in [2.75, 3.05) is 28.3 Å². The number of halogens is 3. The molecule has 1 aliphatic rings. The number of amidine groups is 1. The third kappa shape index (κ3) is 5.86. The van der Waals surface area contributed by atoms with E-state index >= 15 is 0 Å². The average molecular weight is 602 g/mol. The predicted octanol–water partition coefficient (Wildman–Crippen LogP) is 5.53. The van der Waals surface area contributed by atoms with Crippen LogP contribution in [-0.4, -0.2) is 42.3 Å². The van der Waals surface area contributed by atoms with Gasteiger partial charge in [0.25, 0.3) is 11.6 Å². The molecule has 0 radical (unpaired) electrons. The van der Waals surface area contributed by atoms with Gasteiger partial charge in [0.15, 0.2) is 5.84 Å². The minimum absolute atomic E-state index is 0.0371. The number of rotatable bonds is 8. The van der Waals surface area contributed by atoms with E-state index in [1.54, 1.807) is 42.5 Å². The van der Waals surface area contributed by atoms with Crippen LogP contribution in [0.1, 0.15) is 31.1 Å². The Bertz CT molecular complexity index is 1440. The van der Waals surface area contributed by atoms with E-state index in [0.717, 1.165) is 23.8 Å². The maximum atomic E-state index is 14.2. The van der Waals surface area contributed by atoms with Gasteiger partial charge in [0, 0.05) is 42.0 Å². The number of hydrogen-bond acceptors (Lipinski definition) is 6. The van der Waals surface area contributed by atoms with Gasteiger partial charge in [0.1, 0.15) is 5.69 Å². The van der Waals surface area contributed by atoms with Gasteiger partial charge in [-0.25, -0.2) is 0 Å². The van der Waals surface area contributed by atoms with Crippen molar-refractivity contribution in [2.45, 2.75) is 26.4 Å². The summed E-state index contributed by atoms with van der Waals surface area (Å²) < 4.78 is 0. The summed E-state index contributed by atoms with van der Waals surface area (Å²) in [5, 5.41) is 14.1. The SMILES string of the molecule is CCN(CC)c1ccc(NC2(NC(C)=O)C(=O)N(c3c(Cl)cc(Cl)cc3Cl)N=C2NC(=O)c2ccccc2)cc1. The molecule has 0 fully saturated rings. The normalized spacial score (nSPS) is 16.4. The standard InChI is InChI=1S/C28H27Cl3N6O3/c1-4-36(5-2)21-13-11-20(12-14-21)34-28(33-17(3)38)26(32-25(39)18-9-7-6-8-10-18)35-37(27(28)40)24-22(30)15-19(29)16-23(24)31/h6-16,34H,4-5H2,1-3H3,(H,33,38)(H,32,35,39). The molecule has 3 aromatic carbocycles. The highest BCUT2D eigenvalue weighted by Crippen LogP contribution is 2.40. The lowest BCUT2D eigenvalue weighted by molar-refractivity contribution is -0.127. The maximum absolute atomic E-state index is 14.2. The molecule has 208 valence electrons. The number of anilines is 3. The lowest BCUT2D eigenvalue weighted by Crippen LogP contribution is -2.67. The van der Waals surface area contributed by atoms with Crippen LogP contribution in [0, 0.1) is 0 Å². The van der Waals surface area contributed by atoms with Crippen LogP contribution in [0.5, 0.6) is 0 Å². The first kappa shape index (κ1) is 29.2. The predicted molar refractivity (Wildman–Crippen MR) is 160 cm³/mol. The summed E-state index contributed by atoms with van der Waals surface area (Å²) in [7, 11) is 0. The molecule has 3 aromatic rings. The van der Waals surface area contributed by atoms with Crippen LogP contribution in [0.15, 0.2) is 71.8 Å². The molecule has 1 atom stereocenters. The topological polar surface area (TPSA) is 106 Å². The van der Waals surface area contributed by atoms with Gasteiger partial charge in [-0.15, -0.1) is 5.10 Å². The molecule has 1 unspecified atom stereocenters. The summed E-state index contributed by atoms with van der Waals surface area (Å²) in [6.45, 7) is 6.99. The van der Waals surface area contributed by atoms with Gasteiger partial charge in [-0.2, -0.15) is 5.01 Å². The minimum Gasteiger partial charge on any atom is -0.372 e. The van der Waals surface area contributed by atoms with E-state index in [9.17, 15) is 14.4 Å². The third-order valence-electron chi connectivity index (χ3n) is 6.22. The molecule has 0 aliphatic carbocycles. The van der Waals surface area contributed by atoms with Gasteiger partial charge in [0.05, 0.1) is 10.0 Å². The van der Waals surface area contributed by atoms with Crippen LogP contribution in [0.4, 0.5) is 17.1 Å². The highest BCUT2D eigenvalue weighted by Gasteiger charge is 2.54. The quantitative estimate of drug-likeness (QED) is 0.295. The zero-order valence-electron chi connectivity index (χ0n) is 22.0. The van der Waals surface area contributed by atoms with Crippen molar-refractivity contribution in [3.05, 3.63) is 87.4 Å². The first-order valence-electron chi connectivity index (χ1n) is 12.5. The van der Waals surface area contributed by atoms with Crippen molar-refractivity contribution >= 4 is 75.4 Å². The molecule has 0 saturated carbocycles. The van der Waals surface area contributed by atoms with Crippen molar-refractivity contribution in [1.29, 1.82) is 0 Å². The number of nitrogens with one attached hydrogen (secondary N) is 3. The van der Waals surface area contributed by atoms with Gasteiger partial charge in [-0.1, -0.05) is 53.0 Å². The van der Waals surface area contributed by atoms with Crippen LogP contribution in [-0.2, 0) is 9.59 Å². The zero-order valence-corrected chi connectivity index (χ0v) is 24.2. The number of carbonyl (C=O) groups excluding carboxylic acids is 3. The highest BCUT2D eigenvalue weighted by molar-refractivity contribution is 6.43. The molecular formula is C28H27Cl3N6O3. The summed E-state index contributed by atoms with van der Waals surface area (Å²) in [5.41, 5.74) is -0.197. The number of amides is 3.